The highest BCUT2D eigenvalue weighted by Gasteiger charge is 2.32. The molecule has 2 heterocycles. The molecule has 1 unspecified atom stereocenters. The molecule has 1 aromatic heterocycles. The Kier molecular flexibility index (Phi) is 4.82. The number of nitrogens with zero attached hydrogens (tertiary/aromatic N) is 3. The van der Waals surface area contributed by atoms with E-state index in [1.165, 1.54) is 10.6 Å². The summed E-state index contributed by atoms with van der Waals surface area (Å²) < 4.78 is 33.3. The number of rotatable bonds is 4. The third-order valence-electron chi connectivity index (χ3n) is 4.14. The Hall–Kier alpha value is -1.99. The van der Waals surface area contributed by atoms with Crippen LogP contribution in [0, 0.1) is 13.8 Å². The maximum Gasteiger partial charge on any atom is 0.243 e. The van der Waals surface area contributed by atoms with E-state index in [1.54, 1.807) is 18.3 Å². The largest absolute Gasteiger partial charge is 0.473 e. The molecule has 0 amide bonds. The van der Waals surface area contributed by atoms with Crippen LogP contribution in [-0.2, 0) is 10.0 Å². The Bertz CT molecular complexity index is 809. The van der Waals surface area contributed by atoms with E-state index >= 15 is 0 Å². The van der Waals surface area contributed by atoms with E-state index in [0.717, 1.165) is 24.0 Å². The molecule has 0 radical (unpaired) electrons. The second-order valence-corrected chi connectivity index (χ2v) is 7.97. The van der Waals surface area contributed by atoms with Gasteiger partial charge in [-0.05, 0) is 43.9 Å². The van der Waals surface area contributed by atoms with E-state index in [1.807, 2.05) is 26.0 Å². The molecule has 1 aliphatic heterocycles. The Morgan fingerprint density at radius 1 is 1.25 bits per heavy atom. The number of sulfonamides is 1. The lowest BCUT2D eigenvalue weighted by Crippen LogP contribution is -2.44. The smallest absolute Gasteiger partial charge is 0.243 e. The van der Waals surface area contributed by atoms with Crippen molar-refractivity contribution in [2.24, 2.45) is 0 Å². The first-order valence-corrected chi connectivity index (χ1v) is 9.41. The van der Waals surface area contributed by atoms with Gasteiger partial charge in [0.25, 0.3) is 0 Å². The maximum absolute atomic E-state index is 13.0. The van der Waals surface area contributed by atoms with Crippen molar-refractivity contribution in [3.05, 3.63) is 47.9 Å². The molecule has 3 rings (SSSR count). The van der Waals surface area contributed by atoms with Crippen molar-refractivity contribution in [2.75, 3.05) is 13.1 Å². The molecule has 128 valence electrons. The molecule has 1 aliphatic rings. The van der Waals surface area contributed by atoms with Gasteiger partial charge in [-0.1, -0.05) is 12.1 Å². The van der Waals surface area contributed by atoms with Gasteiger partial charge in [0.2, 0.25) is 15.9 Å². The summed E-state index contributed by atoms with van der Waals surface area (Å²) in [5.74, 6) is 0.473. The number of hydrogen-bond acceptors (Lipinski definition) is 5. The first-order valence-electron chi connectivity index (χ1n) is 7.97. The van der Waals surface area contributed by atoms with Crippen molar-refractivity contribution >= 4 is 10.0 Å². The minimum atomic E-state index is -3.52. The van der Waals surface area contributed by atoms with Crippen LogP contribution in [0.3, 0.4) is 0 Å². The molecule has 0 N–H and O–H groups in total. The molecule has 7 heteroatoms. The Morgan fingerprint density at radius 3 is 2.83 bits per heavy atom. The summed E-state index contributed by atoms with van der Waals surface area (Å²) in [4.78, 5) is 8.28. The maximum atomic E-state index is 13.0. The van der Waals surface area contributed by atoms with E-state index < -0.39 is 10.0 Å². The van der Waals surface area contributed by atoms with E-state index in [0.29, 0.717) is 23.9 Å². The van der Waals surface area contributed by atoms with Crippen LogP contribution < -0.4 is 4.74 Å². The molecule has 1 saturated heterocycles. The van der Waals surface area contributed by atoms with Crippen molar-refractivity contribution in [3.8, 4) is 5.88 Å². The molecule has 0 spiro atoms. The van der Waals surface area contributed by atoms with Gasteiger partial charge in [0.1, 0.15) is 12.4 Å². The molecule has 1 fully saturated rings. The fourth-order valence-corrected chi connectivity index (χ4v) is 4.68. The molecule has 0 saturated carbocycles. The number of aromatic nitrogens is 2. The van der Waals surface area contributed by atoms with E-state index in [-0.39, 0.29) is 6.10 Å². The van der Waals surface area contributed by atoms with Gasteiger partial charge in [0.15, 0.2) is 0 Å². The summed E-state index contributed by atoms with van der Waals surface area (Å²) in [6.07, 6.45) is 4.40. The van der Waals surface area contributed by atoms with Crippen LogP contribution in [0.4, 0.5) is 0 Å². The van der Waals surface area contributed by atoms with Crippen LogP contribution in [0.15, 0.2) is 41.7 Å². The minimum Gasteiger partial charge on any atom is -0.473 e. The summed E-state index contributed by atoms with van der Waals surface area (Å²) in [7, 11) is -3.52. The van der Waals surface area contributed by atoms with Gasteiger partial charge in [-0.15, -0.1) is 0 Å². The summed E-state index contributed by atoms with van der Waals surface area (Å²) in [5.41, 5.74) is 1.70. The van der Waals surface area contributed by atoms with E-state index in [9.17, 15) is 8.42 Å². The second-order valence-electron chi connectivity index (χ2n) is 6.06. The lowest BCUT2D eigenvalue weighted by atomic mass is 10.1. The molecular formula is C17H21N3O3S. The van der Waals surface area contributed by atoms with Gasteiger partial charge in [-0.3, -0.25) is 0 Å². The van der Waals surface area contributed by atoms with Gasteiger partial charge in [0, 0.05) is 18.8 Å². The number of piperidine rings is 1. The second kappa shape index (κ2) is 6.86. The van der Waals surface area contributed by atoms with Gasteiger partial charge < -0.3 is 4.74 Å². The molecule has 1 aromatic carbocycles. The zero-order valence-electron chi connectivity index (χ0n) is 13.8. The number of aryl methyl sites for hydroxylation is 2. The molecule has 6 nitrogen and oxygen atoms in total. The van der Waals surface area contributed by atoms with Crippen LogP contribution in [0.2, 0.25) is 0 Å². The zero-order chi connectivity index (χ0) is 17.2. The first-order chi connectivity index (χ1) is 11.5. The van der Waals surface area contributed by atoms with Crippen LogP contribution in [0.25, 0.3) is 0 Å². The summed E-state index contributed by atoms with van der Waals surface area (Å²) in [5, 5.41) is 0. The topological polar surface area (TPSA) is 72.4 Å². The van der Waals surface area contributed by atoms with Crippen LogP contribution >= 0.6 is 0 Å². The van der Waals surface area contributed by atoms with Gasteiger partial charge in [-0.25, -0.2) is 18.4 Å². The lowest BCUT2D eigenvalue weighted by molar-refractivity contribution is 0.124. The Labute approximate surface area is 142 Å². The fraction of sp³-hybridized carbons (Fsp3) is 0.412. The molecule has 24 heavy (non-hydrogen) atoms. The number of hydrogen-bond donors (Lipinski definition) is 0. The van der Waals surface area contributed by atoms with Gasteiger partial charge >= 0.3 is 0 Å². The third-order valence-corrected chi connectivity index (χ3v) is 6.15. The van der Waals surface area contributed by atoms with Gasteiger partial charge in [-0.2, -0.15) is 4.31 Å². The zero-order valence-corrected chi connectivity index (χ0v) is 14.7. The average Bonchev–Trinajstić information content (AvgIpc) is 2.58. The van der Waals surface area contributed by atoms with E-state index in [2.05, 4.69) is 9.97 Å². The SMILES string of the molecule is Cc1ccc(C)c(S(=O)(=O)N2CCCC(Oc3ccncn3)C2)c1. The normalized spacial score (nSPS) is 19.2. The number of benzene rings is 1. The van der Waals surface area contributed by atoms with Crippen molar-refractivity contribution in [2.45, 2.75) is 37.7 Å². The molecule has 2 aromatic rings. The number of ether oxygens (including phenoxy) is 1. The predicted molar refractivity (Wildman–Crippen MR) is 90.4 cm³/mol. The van der Waals surface area contributed by atoms with Crippen LogP contribution in [-0.4, -0.2) is 41.9 Å². The molecule has 0 bridgehead atoms. The molecule has 0 aliphatic carbocycles. The standard InChI is InChI=1S/C17H21N3O3S/c1-13-5-6-14(2)16(10-13)24(21,22)20-9-3-4-15(11-20)23-17-7-8-18-12-19-17/h5-8,10,12,15H,3-4,9,11H2,1-2H3. The summed E-state index contributed by atoms with van der Waals surface area (Å²) >= 11 is 0. The van der Waals surface area contributed by atoms with E-state index in [4.69, 9.17) is 4.74 Å². The fourth-order valence-electron chi connectivity index (χ4n) is 2.86. The quantitative estimate of drug-likeness (QED) is 0.849. The lowest BCUT2D eigenvalue weighted by Gasteiger charge is -2.32. The first kappa shape index (κ1) is 16.9. The van der Waals surface area contributed by atoms with Crippen molar-refractivity contribution < 1.29 is 13.2 Å². The van der Waals surface area contributed by atoms with Crippen molar-refractivity contribution in [3.63, 3.8) is 0 Å². The summed E-state index contributed by atoms with van der Waals surface area (Å²) in [6, 6.07) is 7.18. The molecule has 1 atom stereocenters. The van der Waals surface area contributed by atoms with Crippen molar-refractivity contribution in [1.29, 1.82) is 0 Å². The Morgan fingerprint density at radius 2 is 2.08 bits per heavy atom. The summed E-state index contributed by atoms with van der Waals surface area (Å²) in [6.45, 7) is 4.57. The minimum absolute atomic E-state index is 0.200. The van der Waals surface area contributed by atoms with Gasteiger partial charge in [0.05, 0.1) is 11.4 Å². The third kappa shape index (κ3) is 3.57. The highest BCUT2D eigenvalue weighted by Crippen LogP contribution is 2.25. The van der Waals surface area contributed by atoms with Crippen LogP contribution in [0.1, 0.15) is 24.0 Å². The average molecular weight is 347 g/mol. The monoisotopic (exact) mass is 347 g/mol. The highest BCUT2D eigenvalue weighted by atomic mass is 32.2. The van der Waals surface area contributed by atoms with Crippen molar-refractivity contribution in [1.82, 2.24) is 14.3 Å². The molecular weight excluding hydrogens is 326 g/mol. The Balaban J connectivity index is 1.79. The highest BCUT2D eigenvalue weighted by molar-refractivity contribution is 7.89. The predicted octanol–water partition coefficient (Wildman–Crippen LogP) is 2.33. The van der Waals surface area contributed by atoms with Crippen LogP contribution in [0.5, 0.6) is 5.88 Å².